The number of sulfonamides is 1. The monoisotopic (exact) mass is 275 g/mol. The number of rotatable bonds is 4. The van der Waals surface area contributed by atoms with Gasteiger partial charge in [0, 0.05) is 18.5 Å². The van der Waals surface area contributed by atoms with E-state index in [1.54, 1.807) is 7.05 Å². The minimum Gasteiger partial charge on any atom is -0.477 e. The molecular formula is C10H13NO4S2. The summed E-state index contributed by atoms with van der Waals surface area (Å²) in [5.74, 6) is -1.09. The van der Waals surface area contributed by atoms with Crippen molar-refractivity contribution < 1.29 is 18.3 Å². The van der Waals surface area contributed by atoms with Crippen molar-refractivity contribution in [3.8, 4) is 0 Å². The average Bonchev–Trinajstić information content (AvgIpc) is 2.63. The van der Waals surface area contributed by atoms with Crippen LogP contribution in [0.1, 0.15) is 28.9 Å². The molecule has 1 fully saturated rings. The fraction of sp³-hybridized carbons (Fsp3) is 0.500. The number of nitrogens with zero attached hydrogens (tertiary/aromatic N) is 1. The molecule has 7 heteroatoms. The van der Waals surface area contributed by atoms with Crippen LogP contribution in [0, 0.1) is 0 Å². The van der Waals surface area contributed by atoms with E-state index in [0.717, 1.165) is 30.6 Å². The number of hydrogen-bond acceptors (Lipinski definition) is 4. The van der Waals surface area contributed by atoms with Crippen LogP contribution in [-0.2, 0) is 10.0 Å². The second-order valence-electron chi connectivity index (χ2n) is 4.06. The molecule has 1 aliphatic carbocycles. The van der Waals surface area contributed by atoms with Gasteiger partial charge in [-0.05, 0) is 18.9 Å². The van der Waals surface area contributed by atoms with Crippen molar-refractivity contribution in [2.45, 2.75) is 30.2 Å². The number of carbonyl (C=O) groups is 1. The van der Waals surface area contributed by atoms with E-state index < -0.39 is 16.0 Å². The van der Waals surface area contributed by atoms with E-state index >= 15 is 0 Å². The zero-order chi connectivity index (χ0) is 12.6. The molecule has 1 aromatic rings. The molecule has 0 bridgehead atoms. The van der Waals surface area contributed by atoms with Gasteiger partial charge in [0.25, 0.3) is 0 Å². The smallest absolute Gasteiger partial charge is 0.345 e. The lowest BCUT2D eigenvalue weighted by Gasteiger charge is -2.33. The topological polar surface area (TPSA) is 74.7 Å². The molecule has 0 amide bonds. The first-order valence-electron chi connectivity index (χ1n) is 5.23. The van der Waals surface area contributed by atoms with E-state index in [4.69, 9.17) is 5.11 Å². The summed E-state index contributed by atoms with van der Waals surface area (Å²) in [7, 11) is -1.98. The first kappa shape index (κ1) is 12.5. The van der Waals surface area contributed by atoms with E-state index in [1.165, 1.54) is 15.8 Å². The zero-order valence-electron chi connectivity index (χ0n) is 9.29. The first-order valence-corrected chi connectivity index (χ1v) is 7.55. The normalized spacial score (nSPS) is 17.1. The molecule has 0 aromatic carbocycles. The van der Waals surface area contributed by atoms with E-state index in [9.17, 15) is 13.2 Å². The molecule has 1 saturated carbocycles. The van der Waals surface area contributed by atoms with E-state index in [-0.39, 0.29) is 15.8 Å². The minimum absolute atomic E-state index is 0.0468. The molecule has 0 unspecified atom stereocenters. The fourth-order valence-corrected chi connectivity index (χ4v) is 4.19. The summed E-state index contributed by atoms with van der Waals surface area (Å²) in [6.45, 7) is 0. The fourth-order valence-electron chi connectivity index (χ4n) is 1.68. The Balaban J connectivity index is 2.27. The lowest BCUT2D eigenvalue weighted by Crippen LogP contribution is -2.41. The second-order valence-corrected chi connectivity index (χ2v) is 6.97. The summed E-state index contributed by atoms with van der Waals surface area (Å²) in [6.07, 6.45) is 2.81. The third-order valence-electron chi connectivity index (χ3n) is 3.05. The maximum Gasteiger partial charge on any atom is 0.345 e. The second kappa shape index (κ2) is 4.40. The highest BCUT2D eigenvalue weighted by Crippen LogP contribution is 2.30. The van der Waals surface area contributed by atoms with Crippen LogP contribution in [-0.4, -0.2) is 36.9 Å². The van der Waals surface area contributed by atoms with Gasteiger partial charge in [0.1, 0.15) is 4.88 Å². The van der Waals surface area contributed by atoms with Gasteiger partial charge in [-0.1, -0.05) is 6.42 Å². The number of thiophene rings is 1. The van der Waals surface area contributed by atoms with Crippen LogP contribution in [0.2, 0.25) is 0 Å². The molecule has 5 nitrogen and oxygen atoms in total. The standard InChI is InChI=1S/C10H13NO4S2/c1-11(7-3-2-4-7)17(14,15)8-5-9(10(12)13)16-6-8/h5-7H,2-4H2,1H3,(H,12,13). The van der Waals surface area contributed by atoms with Gasteiger partial charge >= 0.3 is 5.97 Å². The molecule has 1 aliphatic rings. The van der Waals surface area contributed by atoms with Crippen LogP contribution < -0.4 is 0 Å². The molecule has 0 radical (unpaired) electrons. The van der Waals surface area contributed by atoms with E-state index in [1.807, 2.05) is 0 Å². The van der Waals surface area contributed by atoms with Gasteiger partial charge in [-0.3, -0.25) is 0 Å². The molecule has 17 heavy (non-hydrogen) atoms. The van der Waals surface area contributed by atoms with Crippen LogP contribution in [0.4, 0.5) is 0 Å². The minimum atomic E-state index is -3.53. The van der Waals surface area contributed by atoms with Gasteiger partial charge in [-0.15, -0.1) is 11.3 Å². The summed E-state index contributed by atoms with van der Waals surface area (Å²) in [5.41, 5.74) is 0. The van der Waals surface area contributed by atoms with Crippen molar-refractivity contribution >= 4 is 27.3 Å². The maximum atomic E-state index is 12.1. The predicted molar refractivity (Wildman–Crippen MR) is 63.9 cm³/mol. The third-order valence-corrected chi connectivity index (χ3v) is 6.01. The Hall–Kier alpha value is -0.920. The van der Waals surface area contributed by atoms with Crippen molar-refractivity contribution in [1.82, 2.24) is 4.31 Å². The van der Waals surface area contributed by atoms with E-state index in [0.29, 0.717) is 0 Å². The first-order chi connectivity index (χ1) is 7.93. The Kier molecular flexibility index (Phi) is 3.24. The third kappa shape index (κ3) is 2.22. The molecule has 0 spiro atoms. The molecule has 0 aliphatic heterocycles. The van der Waals surface area contributed by atoms with Crippen molar-refractivity contribution in [3.63, 3.8) is 0 Å². The Morgan fingerprint density at radius 2 is 2.18 bits per heavy atom. The molecule has 2 rings (SSSR count). The maximum absolute atomic E-state index is 12.1. The van der Waals surface area contributed by atoms with Crippen LogP contribution in [0.15, 0.2) is 16.3 Å². The van der Waals surface area contributed by atoms with Crippen molar-refractivity contribution in [2.24, 2.45) is 0 Å². The SMILES string of the molecule is CN(C1CCC1)S(=O)(=O)c1csc(C(=O)O)c1. The largest absolute Gasteiger partial charge is 0.477 e. The molecule has 0 saturated heterocycles. The summed E-state index contributed by atoms with van der Waals surface area (Å²) >= 11 is 0.934. The zero-order valence-corrected chi connectivity index (χ0v) is 10.9. The summed E-state index contributed by atoms with van der Waals surface area (Å²) in [5, 5.41) is 10.2. The molecule has 1 N–H and O–H groups in total. The number of carboxylic acid groups (broad SMARTS) is 1. The summed E-state index contributed by atoms with van der Waals surface area (Å²) < 4.78 is 25.6. The Bertz CT molecular complexity index is 530. The van der Waals surface area contributed by atoms with Gasteiger partial charge in [0.15, 0.2) is 0 Å². The van der Waals surface area contributed by atoms with Gasteiger partial charge in [-0.2, -0.15) is 4.31 Å². The van der Waals surface area contributed by atoms with Crippen LogP contribution in [0.25, 0.3) is 0 Å². The molecule has 94 valence electrons. The summed E-state index contributed by atoms with van der Waals surface area (Å²) in [6, 6.07) is 1.28. The van der Waals surface area contributed by atoms with Crippen molar-refractivity contribution in [1.29, 1.82) is 0 Å². The molecule has 1 heterocycles. The lowest BCUT2D eigenvalue weighted by molar-refractivity contribution is 0.0702. The van der Waals surface area contributed by atoms with Crippen LogP contribution in [0.3, 0.4) is 0 Å². The molecule has 0 atom stereocenters. The van der Waals surface area contributed by atoms with Crippen LogP contribution in [0.5, 0.6) is 0 Å². The molecular weight excluding hydrogens is 262 g/mol. The highest BCUT2D eigenvalue weighted by molar-refractivity contribution is 7.89. The highest BCUT2D eigenvalue weighted by atomic mass is 32.2. The van der Waals surface area contributed by atoms with E-state index in [2.05, 4.69) is 0 Å². The number of hydrogen-bond donors (Lipinski definition) is 1. The van der Waals surface area contributed by atoms with Gasteiger partial charge < -0.3 is 5.11 Å². The van der Waals surface area contributed by atoms with Gasteiger partial charge in [-0.25, -0.2) is 13.2 Å². The lowest BCUT2D eigenvalue weighted by atomic mass is 9.94. The Morgan fingerprint density at radius 3 is 2.59 bits per heavy atom. The number of carboxylic acids is 1. The van der Waals surface area contributed by atoms with Crippen molar-refractivity contribution in [3.05, 3.63) is 16.3 Å². The quantitative estimate of drug-likeness (QED) is 0.906. The molecule has 1 aromatic heterocycles. The summed E-state index contributed by atoms with van der Waals surface area (Å²) in [4.78, 5) is 10.8. The van der Waals surface area contributed by atoms with Crippen LogP contribution >= 0.6 is 11.3 Å². The Labute approximate surface area is 104 Å². The average molecular weight is 275 g/mol. The van der Waals surface area contributed by atoms with Crippen molar-refractivity contribution in [2.75, 3.05) is 7.05 Å². The number of aromatic carboxylic acids is 1. The Morgan fingerprint density at radius 1 is 1.53 bits per heavy atom. The van der Waals surface area contributed by atoms with Gasteiger partial charge in [0.05, 0.1) is 4.90 Å². The predicted octanol–water partition coefficient (Wildman–Crippen LogP) is 1.62. The highest BCUT2D eigenvalue weighted by Gasteiger charge is 2.32. The van der Waals surface area contributed by atoms with Gasteiger partial charge in [0.2, 0.25) is 10.0 Å².